The molecule has 0 fully saturated rings. The SMILES string of the molecule is CCC(CC)N(CCOC)CC(CN)OC. The van der Waals surface area contributed by atoms with Gasteiger partial charge >= 0.3 is 0 Å². The van der Waals surface area contributed by atoms with Crippen LogP contribution < -0.4 is 5.73 Å². The summed E-state index contributed by atoms with van der Waals surface area (Å²) in [6.45, 7) is 7.61. The molecule has 1 atom stereocenters. The van der Waals surface area contributed by atoms with Gasteiger partial charge in [-0.05, 0) is 12.8 Å². The van der Waals surface area contributed by atoms with Crippen LogP contribution in [0, 0.1) is 0 Å². The zero-order valence-electron chi connectivity index (χ0n) is 11.2. The Morgan fingerprint density at radius 3 is 2.19 bits per heavy atom. The van der Waals surface area contributed by atoms with E-state index in [1.807, 2.05) is 0 Å². The van der Waals surface area contributed by atoms with E-state index in [-0.39, 0.29) is 6.10 Å². The first-order valence-electron chi connectivity index (χ1n) is 6.19. The average molecular weight is 232 g/mol. The van der Waals surface area contributed by atoms with Gasteiger partial charge in [0.15, 0.2) is 0 Å². The van der Waals surface area contributed by atoms with Crippen molar-refractivity contribution in [2.24, 2.45) is 5.73 Å². The highest BCUT2D eigenvalue weighted by Gasteiger charge is 2.18. The first kappa shape index (κ1) is 15.8. The molecule has 0 bridgehead atoms. The molecule has 2 N–H and O–H groups in total. The van der Waals surface area contributed by atoms with Crippen LogP contribution in [0.1, 0.15) is 26.7 Å². The highest BCUT2D eigenvalue weighted by molar-refractivity contribution is 4.73. The summed E-state index contributed by atoms with van der Waals surface area (Å²) in [6.07, 6.45) is 2.43. The number of rotatable bonds is 10. The third-order valence-electron chi connectivity index (χ3n) is 3.08. The molecule has 0 aliphatic rings. The number of nitrogens with two attached hydrogens (primary N) is 1. The molecule has 4 nitrogen and oxygen atoms in total. The van der Waals surface area contributed by atoms with Crippen LogP contribution >= 0.6 is 0 Å². The number of hydrogen-bond donors (Lipinski definition) is 1. The molecule has 1 unspecified atom stereocenters. The third-order valence-corrected chi connectivity index (χ3v) is 3.08. The van der Waals surface area contributed by atoms with Crippen LogP contribution in [0.5, 0.6) is 0 Å². The molecule has 0 aromatic heterocycles. The summed E-state index contributed by atoms with van der Waals surface area (Å²) in [6, 6.07) is 0.597. The molecule has 4 heteroatoms. The van der Waals surface area contributed by atoms with E-state index in [0.717, 1.165) is 32.5 Å². The predicted molar refractivity (Wildman–Crippen MR) is 67.7 cm³/mol. The number of hydrogen-bond acceptors (Lipinski definition) is 4. The molecule has 0 aromatic carbocycles. The van der Waals surface area contributed by atoms with Crippen LogP contribution in [-0.4, -0.2) is 57.5 Å². The zero-order chi connectivity index (χ0) is 12.4. The van der Waals surface area contributed by atoms with Crippen LogP contribution in [0.3, 0.4) is 0 Å². The van der Waals surface area contributed by atoms with Crippen LogP contribution in [0.4, 0.5) is 0 Å². The summed E-state index contributed by atoms with van der Waals surface area (Å²) >= 11 is 0. The molecule has 0 aliphatic heterocycles. The van der Waals surface area contributed by atoms with Gasteiger partial charge in [0.25, 0.3) is 0 Å². The lowest BCUT2D eigenvalue weighted by Crippen LogP contribution is -2.44. The second-order valence-corrected chi connectivity index (χ2v) is 4.05. The van der Waals surface area contributed by atoms with Gasteiger partial charge in [-0.2, -0.15) is 0 Å². The lowest BCUT2D eigenvalue weighted by molar-refractivity contribution is 0.0385. The van der Waals surface area contributed by atoms with E-state index in [0.29, 0.717) is 12.6 Å². The molecular weight excluding hydrogens is 204 g/mol. The van der Waals surface area contributed by atoms with Crippen LogP contribution in [-0.2, 0) is 9.47 Å². The summed E-state index contributed by atoms with van der Waals surface area (Å²) in [7, 11) is 3.46. The van der Waals surface area contributed by atoms with Crippen molar-refractivity contribution in [3.63, 3.8) is 0 Å². The van der Waals surface area contributed by atoms with E-state index in [2.05, 4.69) is 18.7 Å². The molecule has 0 radical (unpaired) electrons. The minimum absolute atomic E-state index is 0.123. The summed E-state index contributed by atoms with van der Waals surface area (Å²) in [5.74, 6) is 0. The summed E-state index contributed by atoms with van der Waals surface area (Å²) in [5.41, 5.74) is 5.66. The van der Waals surface area contributed by atoms with Crippen molar-refractivity contribution in [1.29, 1.82) is 0 Å². The highest BCUT2D eigenvalue weighted by Crippen LogP contribution is 2.09. The smallest absolute Gasteiger partial charge is 0.0820 e. The maximum atomic E-state index is 5.66. The van der Waals surface area contributed by atoms with Crippen LogP contribution in [0.2, 0.25) is 0 Å². The minimum Gasteiger partial charge on any atom is -0.383 e. The van der Waals surface area contributed by atoms with Crippen molar-refractivity contribution in [3.8, 4) is 0 Å². The molecule has 16 heavy (non-hydrogen) atoms. The first-order chi connectivity index (χ1) is 7.73. The molecule has 0 saturated carbocycles. The Labute approximate surface area is 100 Å². The Hall–Kier alpha value is -0.160. The molecule has 0 spiro atoms. The van der Waals surface area contributed by atoms with Gasteiger partial charge in [0, 0.05) is 39.9 Å². The van der Waals surface area contributed by atoms with Crippen LogP contribution in [0.25, 0.3) is 0 Å². The van der Waals surface area contributed by atoms with Gasteiger partial charge in [0.2, 0.25) is 0 Å². The lowest BCUT2D eigenvalue weighted by atomic mass is 10.1. The van der Waals surface area contributed by atoms with Crippen molar-refractivity contribution in [3.05, 3.63) is 0 Å². The standard InChI is InChI=1S/C12H28N2O2/c1-5-11(6-2)14(7-8-15-3)10-12(9-13)16-4/h11-12H,5-10,13H2,1-4H3. The van der Waals surface area contributed by atoms with Gasteiger partial charge < -0.3 is 15.2 Å². The largest absolute Gasteiger partial charge is 0.383 e. The fraction of sp³-hybridized carbons (Fsp3) is 1.00. The van der Waals surface area contributed by atoms with E-state index in [1.54, 1.807) is 14.2 Å². The van der Waals surface area contributed by atoms with Crippen LogP contribution in [0.15, 0.2) is 0 Å². The van der Waals surface area contributed by atoms with Crippen molar-refractivity contribution in [2.45, 2.75) is 38.8 Å². The average Bonchev–Trinajstić information content (AvgIpc) is 2.33. The molecule has 0 amide bonds. The fourth-order valence-corrected chi connectivity index (χ4v) is 1.94. The van der Waals surface area contributed by atoms with E-state index in [4.69, 9.17) is 15.2 Å². The summed E-state index contributed by atoms with van der Waals surface area (Å²) in [5, 5.41) is 0. The van der Waals surface area contributed by atoms with Gasteiger partial charge in [-0.3, -0.25) is 4.90 Å². The second kappa shape index (κ2) is 10.0. The number of methoxy groups -OCH3 is 2. The molecule has 0 aromatic rings. The fourth-order valence-electron chi connectivity index (χ4n) is 1.94. The van der Waals surface area contributed by atoms with Crippen molar-refractivity contribution < 1.29 is 9.47 Å². The molecule has 0 rings (SSSR count). The van der Waals surface area contributed by atoms with Crippen molar-refractivity contribution in [2.75, 3.05) is 40.5 Å². The Morgan fingerprint density at radius 1 is 1.19 bits per heavy atom. The Balaban J connectivity index is 4.27. The highest BCUT2D eigenvalue weighted by atomic mass is 16.5. The van der Waals surface area contributed by atoms with E-state index in [9.17, 15) is 0 Å². The molecule has 0 aliphatic carbocycles. The Kier molecular flexibility index (Phi) is 9.92. The van der Waals surface area contributed by atoms with Gasteiger partial charge in [0.1, 0.15) is 0 Å². The summed E-state index contributed by atoms with van der Waals surface area (Å²) in [4.78, 5) is 2.42. The summed E-state index contributed by atoms with van der Waals surface area (Å²) < 4.78 is 10.5. The lowest BCUT2D eigenvalue weighted by Gasteiger charge is -2.32. The first-order valence-corrected chi connectivity index (χ1v) is 6.19. The van der Waals surface area contributed by atoms with E-state index < -0.39 is 0 Å². The Bertz CT molecular complexity index is 148. The molecular formula is C12H28N2O2. The third kappa shape index (κ3) is 5.80. The van der Waals surface area contributed by atoms with Crippen molar-refractivity contribution >= 4 is 0 Å². The topological polar surface area (TPSA) is 47.7 Å². The predicted octanol–water partition coefficient (Wildman–Crippen LogP) is 1.10. The maximum absolute atomic E-state index is 5.66. The quantitative estimate of drug-likeness (QED) is 0.613. The van der Waals surface area contributed by atoms with Gasteiger partial charge in [-0.25, -0.2) is 0 Å². The minimum atomic E-state index is 0.123. The Morgan fingerprint density at radius 2 is 1.81 bits per heavy atom. The second-order valence-electron chi connectivity index (χ2n) is 4.05. The maximum Gasteiger partial charge on any atom is 0.0820 e. The van der Waals surface area contributed by atoms with Gasteiger partial charge in [-0.1, -0.05) is 13.8 Å². The number of nitrogens with zero attached hydrogens (tertiary/aromatic N) is 1. The van der Waals surface area contributed by atoms with Crippen molar-refractivity contribution in [1.82, 2.24) is 4.90 Å². The number of ether oxygens (including phenoxy) is 2. The molecule has 0 heterocycles. The van der Waals surface area contributed by atoms with Gasteiger partial charge in [0.05, 0.1) is 12.7 Å². The normalized spacial score (nSPS) is 13.7. The van der Waals surface area contributed by atoms with E-state index >= 15 is 0 Å². The van der Waals surface area contributed by atoms with Gasteiger partial charge in [-0.15, -0.1) is 0 Å². The van der Waals surface area contributed by atoms with E-state index in [1.165, 1.54) is 0 Å². The molecule has 0 saturated heterocycles. The zero-order valence-corrected chi connectivity index (χ0v) is 11.2. The molecule has 98 valence electrons. The monoisotopic (exact) mass is 232 g/mol.